The Morgan fingerprint density at radius 2 is 1.83 bits per heavy atom. The second-order valence-corrected chi connectivity index (χ2v) is 9.98. The lowest BCUT2D eigenvalue weighted by Gasteiger charge is -2.12. The number of rotatable bonds is 3. The molecule has 1 aliphatic heterocycles. The van der Waals surface area contributed by atoms with Gasteiger partial charge in [0.15, 0.2) is 0 Å². The molecule has 3 N–H and O–H groups in total. The van der Waals surface area contributed by atoms with E-state index in [0.29, 0.717) is 0 Å². The van der Waals surface area contributed by atoms with Crippen LogP contribution in [0.4, 0.5) is 0 Å². The first-order valence-corrected chi connectivity index (χ1v) is 12.2. The summed E-state index contributed by atoms with van der Waals surface area (Å²) in [5, 5.41) is 9.91. The van der Waals surface area contributed by atoms with Crippen LogP contribution in [0.25, 0.3) is 0 Å². The van der Waals surface area contributed by atoms with Crippen LogP contribution < -0.4 is 11.2 Å². The molecule has 0 bridgehead atoms. The van der Waals surface area contributed by atoms with Crippen molar-refractivity contribution in [1.29, 1.82) is 0 Å². The monoisotopic (exact) mass is 755 g/mol. The molecule has 13 heteroatoms. The molecule has 3 rings (SSSR count). The van der Waals surface area contributed by atoms with E-state index in [4.69, 9.17) is 9.63 Å². The van der Waals surface area contributed by atoms with E-state index in [1.807, 2.05) is 12.1 Å². The highest BCUT2D eigenvalue weighted by molar-refractivity contribution is 14.1. The minimum absolute atomic E-state index is 0.0321. The molecule has 1 aliphatic rings. The number of aromatic amines is 1. The fraction of sp³-hybridized carbons (Fsp3) is 0.250. The zero-order valence-electron chi connectivity index (χ0n) is 14.1. The average molecular weight is 755 g/mol. The lowest BCUT2D eigenvalue weighted by molar-refractivity contribution is -0.126. The Bertz CT molecular complexity index is 1150. The summed E-state index contributed by atoms with van der Waals surface area (Å²) in [6.07, 6.45) is -2.40. The van der Waals surface area contributed by atoms with Crippen molar-refractivity contribution in [2.24, 2.45) is 0 Å². The van der Waals surface area contributed by atoms with Crippen LogP contribution in [0.2, 0.25) is 0 Å². The number of H-pyrrole nitrogens is 1. The maximum absolute atomic E-state index is 12.2. The van der Waals surface area contributed by atoms with Crippen molar-refractivity contribution in [2.75, 3.05) is 0 Å². The average Bonchev–Trinajstić information content (AvgIpc) is 2.98. The van der Waals surface area contributed by atoms with E-state index < -0.39 is 38.1 Å². The van der Waals surface area contributed by atoms with Crippen LogP contribution in [0.1, 0.15) is 23.8 Å². The summed E-state index contributed by atoms with van der Waals surface area (Å²) in [5.41, 5.74) is -0.645. The van der Waals surface area contributed by atoms with Crippen molar-refractivity contribution in [1.82, 2.24) is 9.55 Å². The predicted molar refractivity (Wildman–Crippen MR) is 127 cm³/mol. The standard InChI is InChI=1S/C16H10I3N2O7P/c17-9-4-11(19)10(18)3-7(9)1-2-8-6-21(16(24)20-14(8)23)13-5-12(22)15(27-13)28-29(25)26/h3-4,6,12-13,15,22H,5H2,(H-,20,23,24,25,26)/p+1/t12-,13-,15-/m1/s1. The summed E-state index contributed by atoms with van der Waals surface area (Å²) < 4.78 is 24.8. The smallest absolute Gasteiger partial charge is 0.387 e. The van der Waals surface area contributed by atoms with E-state index in [1.54, 1.807) is 0 Å². The van der Waals surface area contributed by atoms with Crippen LogP contribution in [0, 0.1) is 22.6 Å². The highest BCUT2D eigenvalue weighted by Crippen LogP contribution is 2.33. The second kappa shape index (κ2) is 9.81. The van der Waals surface area contributed by atoms with Crippen molar-refractivity contribution in [2.45, 2.75) is 25.0 Å². The zero-order valence-corrected chi connectivity index (χ0v) is 21.5. The Morgan fingerprint density at radius 3 is 2.52 bits per heavy atom. The normalized spacial score (nSPS) is 21.6. The van der Waals surface area contributed by atoms with Gasteiger partial charge in [0.1, 0.15) is 17.9 Å². The molecule has 1 fully saturated rings. The van der Waals surface area contributed by atoms with Crippen LogP contribution in [-0.2, 0) is 13.8 Å². The Balaban J connectivity index is 1.94. The molecule has 1 saturated heterocycles. The summed E-state index contributed by atoms with van der Waals surface area (Å²) in [7, 11) is -2.99. The van der Waals surface area contributed by atoms with Gasteiger partial charge in [0, 0.05) is 33.5 Å². The van der Waals surface area contributed by atoms with Crippen LogP contribution in [0.5, 0.6) is 0 Å². The topological polar surface area (TPSA) is 131 Å². The number of aromatic nitrogens is 2. The Labute approximate surface area is 205 Å². The molecule has 152 valence electrons. The third-order valence-corrected chi connectivity index (χ3v) is 7.96. The SMILES string of the molecule is O=c1[nH]c(=O)n([C@H]2C[C@@H](O)[C@@H](O[P+](=O)O)O2)cc1C#Cc1cc(I)c(I)cc1I. The van der Waals surface area contributed by atoms with E-state index in [0.717, 1.165) is 20.8 Å². The Hall–Kier alpha value is -0.410. The van der Waals surface area contributed by atoms with Crippen molar-refractivity contribution in [3.8, 4) is 11.8 Å². The summed E-state index contributed by atoms with van der Waals surface area (Å²) in [6, 6.07) is 3.87. The van der Waals surface area contributed by atoms with Gasteiger partial charge in [-0.15, -0.1) is 4.89 Å². The maximum atomic E-state index is 12.2. The maximum Gasteiger partial charge on any atom is 0.697 e. The number of benzene rings is 1. The van der Waals surface area contributed by atoms with Gasteiger partial charge in [-0.3, -0.25) is 14.3 Å². The molecule has 0 spiro atoms. The third-order valence-electron chi connectivity index (χ3n) is 3.86. The van der Waals surface area contributed by atoms with Crippen molar-refractivity contribution in [3.63, 3.8) is 0 Å². The first-order chi connectivity index (χ1) is 13.7. The summed E-state index contributed by atoms with van der Waals surface area (Å²) in [6.45, 7) is 0. The fourth-order valence-corrected chi connectivity index (χ4v) is 5.02. The van der Waals surface area contributed by atoms with Crippen molar-refractivity contribution >= 4 is 76.0 Å². The molecule has 1 aromatic carbocycles. The van der Waals surface area contributed by atoms with Gasteiger partial charge in [-0.1, -0.05) is 16.4 Å². The van der Waals surface area contributed by atoms with E-state index >= 15 is 0 Å². The highest BCUT2D eigenvalue weighted by Gasteiger charge is 2.41. The van der Waals surface area contributed by atoms with Gasteiger partial charge in [0.2, 0.25) is 6.29 Å². The number of hydrogen-bond donors (Lipinski definition) is 3. The van der Waals surface area contributed by atoms with Gasteiger partial charge in [-0.25, -0.2) is 4.79 Å². The van der Waals surface area contributed by atoms with E-state index in [9.17, 15) is 19.3 Å². The van der Waals surface area contributed by atoms with Crippen molar-refractivity contribution < 1.29 is 23.8 Å². The lowest BCUT2D eigenvalue weighted by atomic mass is 10.2. The molecule has 1 aromatic heterocycles. The third kappa shape index (κ3) is 5.64. The molecule has 0 aliphatic carbocycles. The Kier molecular flexibility index (Phi) is 7.87. The summed E-state index contributed by atoms with van der Waals surface area (Å²) in [4.78, 5) is 35.3. The van der Waals surface area contributed by atoms with Gasteiger partial charge < -0.3 is 9.84 Å². The highest BCUT2D eigenvalue weighted by atomic mass is 127. The molecule has 0 radical (unpaired) electrons. The summed E-state index contributed by atoms with van der Waals surface area (Å²) in [5.74, 6) is 5.69. The lowest BCUT2D eigenvalue weighted by Crippen LogP contribution is -2.33. The molecule has 0 saturated carbocycles. The fourth-order valence-electron chi connectivity index (χ4n) is 2.52. The number of nitrogens with one attached hydrogen (secondary N) is 1. The summed E-state index contributed by atoms with van der Waals surface area (Å²) >= 11 is 6.56. The number of halogens is 3. The number of aliphatic hydroxyl groups excluding tert-OH is 1. The number of hydrogen-bond acceptors (Lipinski definition) is 6. The second-order valence-electron chi connectivity index (χ2n) is 5.81. The van der Waals surface area contributed by atoms with Crippen LogP contribution >= 0.6 is 76.0 Å². The van der Waals surface area contributed by atoms with Crippen LogP contribution in [0.3, 0.4) is 0 Å². The molecule has 1 unspecified atom stereocenters. The molecule has 2 heterocycles. The number of nitrogens with zero attached hydrogens (tertiary/aromatic N) is 1. The molecule has 2 aromatic rings. The van der Waals surface area contributed by atoms with Crippen LogP contribution in [0.15, 0.2) is 27.9 Å². The number of ether oxygens (including phenoxy) is 1. The van der Waals surface area contributed by atoms with Crippen molar-refractivity contribution in [3.05, 3.63) is 61.0 Å². The van der Waals surface area contributed by atoms with Gasteiger partial charge in [-0.05, 0) is 79.9 Å². The minimum Gasteiger partial charge on any atom is -0.387 e. The molecule has 4 atom stereocenters. The van der Waals surface area contributed by atoms with Gasteiger partial charge in [0.05, 0.1) is 0 Å². The molecule has 9 nitrogen and oxygen atoms in total. The first kappa shape index (κ1) is 23.3. The molecular weight excluding hydrogens is 744 g/mol. The number of aliphatic hydroxyl groups is 1. The van der Waals surface area contributed by atoms with Gasteiger partial charge >= 0.3 is 13.9 Å². The molecular formula is C16H11I3N2O7P+. The van der Waals surface area contributed by atoms with E-state index in [1.165, 1.54) is 6.20 Å². The Morgan fingerprint density at radius 1 is 1.17 bits per heavy atom. The van der Waals surface area contributed by atoms with Crippen LogP contribution in [-0.4, -0.2) is 31.9 Å². The largest absolute Gasteiger partial charge is 0.697 e. The first-order valence-electron chi connectivity index (χ1n) is 7.84. The predicted octanol–water partition coefficient (Wildman–Crippen LogP) is 2.02. The van der Waals surface area contributed by atoms with Gasteiger partial charge in [-0.2, -0.15) is 0 Å². The quantitative estimate of drug-likeness (QED) is 0.189. The molecule has 29 heavy (non-hydrogen) atoms. The van der Waals surface area contributed by atoms with E-state index in [2.05, 4.69) is 89.1 Å². The van der Waals surface area contributed by atoms with E-state index in [-0.39, 0.29) is 12.0 Å². The zero-order chi connectivity index (χ0) is 21.3. The van der Waals surface area contributed by atoms with Gasteiger partial charge in [0.25, 0.3) is 5.56 Å². The minimum atomic E-state index is -2.99. The molecule has 0 amide bonds.